The lowest BCUT2D eigenvalue weighted by atomic mass is 10.0. The summed E-state index contributed by atoms with van der Waals surface area (Å²) in [6, 6.07) is 0.739. The third-order valence-corrected chi connectivity index (χ3v) is 13.6. The van der Waals surface area contributed by atoms with Crippen LogP contribution in [0.3, 0.4) is 0 Å². The molecule has 0 radical (unpaired) electrons. The van der Waals surface area contributed by atoms with Crippen molar-refractivity contribution in [3.8, 4) is 0 Å². The minimum atomic E-state index is -0.667. The van der Waals surface area contributed by atoms with Crippen molar-refractivity contribution in [2.45, 2.75) is 139 Å². The minimum Gasteiger partial charge on any atom is -0.355 e. The molecule has 1 aromatic rings. The first kappa shape index (κ1) is 57.2. The summed E-state index contributed by atoms with van der Waals surface area (Å²) in [7, 11) is 0. The molecule has 0 spiro atoms. The third kappa shape index (κ3) is 26.5. The van der Waals surface area contributed by atoms with Gasteiger partial charge >= 0.3 is 0 Å². The van der Waals surface area contributed by atoms with Crippen LogP contribution in [0.15, 0.2) is 12.1 Å². The number of Topliss-reactive ketones (excluding diaryl/α,β-unsaturated/α-hetero) is 1. The number of unbranched alkanes of at least 4 members (excludes halogenated alkanes) is 5. The molecule has 0 saturated heterocycles. The first-order valence-electron chi connectivity index (χ1n) is 21.4. The van der Waals surface area contributed by atoms with Crippen molar-refractivity contribution in [1.82, 2.24) is 32.0 Å². The van der Waals surface area contributed by atoms with E-state index in [0.717, 1.165) is 23.6 Å². The lowest BCUT2D eigenvalue weighted by molar-refractivity contribution is -0.123. The Labute approximate surface area is 402 Å². The highest BCUT2D eigenvalue weighted by atomic mass is 127. The second-order valence-electron chi connectivity index (χ2n) is 15.2. The second kappa shape index (κ2) is 34.5. The highest BCUT2D eigenvalue weighted by Gasteiger charge is 2.18. The number of halogens is 3. The number of hydrazine groups is 1. The number of hydrogen-bond acceptors (Lipinski definition) is 13. The summed E-state index contributed by atoms with van der Waals surface area (Å²) < 4.78 is 2.90. The molecule has 5 amide bonds. The van der Waals surface area contributed by atoms with Crippen LogP contribution < -0.4 is 66.5 Å². The standard InChI is InChI=1S/C40H71I3N12O6/c41-26-24-27(35(43)28(42)25-26)36(57)50-22-11-17-34(56)29(44)12-1-6-18-51-37(58)30(45)13-2-7-19-52-38(59)31(46)14-3-8-20-53-39(60)32(47)15-4-9-21-54-40(61)33(48)16-5-10-23-55-49/h24-25,29-33,55H,1-23,44-49H2,(H,50,57)(H,51,58)(H,52,59)(H,53,60)(H,54,61)/t29-,30-,31-,32-,33-/m0/s1. The highest BCUT2D eigenvalue weighted by Crippen LogP contribution is 2.23. The van der Waals surface area contributed by atoms with Gasteiger partial charge in [0.15, 0.2) is 0 Å². The smallest absolute Gasteiger partial charge is 0.252 e. The maximum atomic E-state index is 12.6. The van der Waals surface area contributed by atoms with E-state index in [0.29, 0.717) is 135 Å². The molecule has 1 rings (SSSR count). The van der Waals surface area contributed by atoms with Gasteiger partial charge in [0, 0.05) is 56.4 Å². The largest absolute Gasteiger partial charge is 0.355 e. The maximum absolute atomic E-state index is 12.6. The van der Waals surface area contributed by atoms with E-state index in [1.807, 2.05) is 12.1 Å². The fourth-order valence-electron chi connectivity index (χ4n) is 6.07. The van der Waals surface area contributed by atoms with Crippen molar-refractivity contribution >= 4 is 103 Å². The van der Waals surface area contributed by atoms with Crippen LogP contribution in [0.5, 0.6) is 0 Å². The molecule has 0 unspecified atom stereocenters. The van der Waals surface area contributed by atoms with E-state index in [1.54, 1.807) is 0 Å². The van der Waals surface area contributed by atoms with Gasteiger partial charge in [-0.15, -0.1) is 0 Å². The van der Waals surface area contributed by atoms with Crippen LogP contribution in [0, 0.1) is 10.7 Å². The summed E-state index contributed by atoms with van der Waals surface area (Å²) in [6.07, 6.45) is 10.3. The Hall–Kier alpha value is -1.85. The number of nitrogens with one attached hydrogen (secondary N) is 6. The Balaban J connectivity index is 2.05. The lowest BCUT2D eigenvalue weighted by Crippen LogP contribution is -2.42. The quantitative estimate of drug-likeness (QED) is 0.0149. The van der Waals surface area contributed by atoms with Crippen LogP contribution in [-0.4, -0.2) is 105 Å². The van der Waals surface area contributed by atoms with Crippen molar-refractivity contribution in [2.24, 2.45) is 34.5 Å². The van der Waals surface area contributed by atoms with Crippen LogP contribution >= 0.6 is 67.8 Å². The zero-order valence-electron chi connectivity index (χ0n) is 35.4. The van der Waals surface area contributed by atoms with Crippen molar-refractivity contribution < 1.29 is 28.8 Å². The van der Waals surface area contributed by atoms with Gasteiger partial charge in [-0.1, -0.05) is 6.42 Å². The van der Waals surface area contributed by atoms with E-state index in [-0.39, 0.29) is 41.7 Å². The molecule has 0 aliphatic carbocycles. The number of benzene rings is 1. The molecule has 0 aromatic heterocycles. The van der Waals surface area contributed by atoms with Crippen molar-refractivity contribution in [2.75, 3.05) is 39.3 Å². The van der Waals surface area contributed by atoms with Crippen molar-refractivity contribution in [1.29, 1.82) is 0 Å². The second-order valence-corrected chi connectivity index (χ2v) is 18.7. The topological polar surface area (TPSA) is 331 Å². The molecule has 5 atom stereocenters. The van der Waals surface area contributed by atoms with Gasteiger partial charge in [-0.05, 0) is 176 Å². The molecule has 61 heavy (non-hydrogen) atoms. The van der Waals surface area contributed by atoms with E-state index in [4.69, 9.17) is 34.5 Å². The molecular weight excluding hydrogens is 1130 g/mol. The average Bonchev–Trinajstić information content (AvgIpc) is 3.23. The van der Waals surface area contributed by atoms with Gasteiger partial charge in [0.1, 0.15) is 5.78 Å². The summed E-state index contributed by atoms with van der Waals surface area (Å²) in [6.45, 7) is 2.81. The number of nitrogens with two attached hydrogens (primary N) is 6. The molecule has 348 valence electrons. The first-order valence-corrected chi connectivity index (χ1v) is 24.6. The van der Waals surface area contributed by atoms with Crippen LogP contribution in [0.4, 0.5) is 0 Å². The van der Waals surface area contributed by atoms with E-state index in [1.165, 1.54) is 0 Å². The third-order valence-electron chi connectivity index (χ3n) is 9.93. The Bertz CT molecular complexity index is 1500. The fraction of sp³-hybridized carbons (Fsp3) is 0.700. The number of ketones is 1. The van der Waals surface area contributed by atoms with Gasteiger partial charge in [-0.3, -0.25) is 40.0 Å². The number of hydrogen-bond donors (Lipinski definition) is 12. The Morgan fingerprint density at radius 1 is 0.459 bits per heavy atom. The number of rotatable bonds is 35. The molecule has 0 aliphatic heterocycles. The zero-order chi connectivity index (χ0) is 45.6. The normalized spacial score (nSPS) is 13.7. The summed E-state index contributed by atoms with van der Waals surface area (Å²) >= 11 is 6.55. The van der Waals surface area contributed by atoms with Crippen LogP contribution in [0.2, 0.25) is 0 Å². The van der Waals surface area contributed by atoms with E-state index < -0.39 is 30.2 Å². The summed E-state index contributed by atoms with van der Waals surface area (Å²) in [4.78, 5) is 74.3. The van der Waals surface area contributed by atoms with E-state index in [9.17, 15) is 28.8 Å². The fourth-order valence-corrected chi connectivity index (χ4v) is 8.47. The van der Waals surface area contributed by atoms with E-state index in [2.05, 4.69) is 99.8 Å². The Morgan fingerprint density at radius 2 is 0.803 bits per heavy atom. The lowest BCUT2D eigenvalue weighted by Gasteiger charge is -2.15. The highest BCUT2D eigenvalue weighted by molar-refractivity contribution is 14.1. The van der Waals surface area contributed by atoms with Gasteiger partial charge in [0.05, 0.1) is 35.8 Å². The maximum Gasteiger partial charge on any atom is 0.252 e. The number of carbonyl (C=O) groups excluding carboxylic acids is 6. The summed E-state index contributed by atoms with van der Waals surface area (Å²) in [5, 5.41) is 14.2. The Morgan fingerprint density at radius 3 is 1.18 bits per heavy atom. The van der Waals surface area contributed by atoms with Gasteiger partial charge in [-0.2, -0.15) is 0 Å². The zero-order valence-corrected chi connectivity index (χ0v) is 41.8. The molecule has 18 nitrogen and oxygen atoms in total. The molecule has 0 saturated carbocycles. The van der Waals surface area contributed by atoms with Gasteiger partial charge < -0.3 is 55.3 Å². The van der Waals surface area contributed by atoms with Crippen molar-refractivity contribution in [3.05, 3.63) is 28.4 Å². The molecular formula is C40H71I3N12O6. The predicted molar refractivity (Wildman–Crippen MR) is 265 cm³/mol. The molecule has 0 fully saturated rings. The number of carbonyl (C=O) groups is 6. The molecule has 18 N–H and O–H groups in total. The number of amides is 5. The van der Waals surface area contributed by atoms with Gasteiger partial charge in [0.2, 0.25) is 23.6 Å². The van der Waals surface area contributed by atoms with E-state index >= 15 is 0 Å². The SMILES string of the molecule is NNCCCC[C@H](N)C(=O)NCCCC[C@H](N)C(=O)NCCCC[C@H](N)C(=O)NCCCC[C@H](N)C(=O)NCCCC[C@H](N)C(=O)CCCNC(=O)c1cc(I)cc(I)c1I. The molecule has 1 aromatic carbocycles. The molecule has 21 heteroatoms. The minimum absolute atomic E-state index is 0.0492. The average molecular weight is 1200 g/mol. The van der Waals surface area contributed by atoms with Crippen LogP contribution in [0.1, 0.15) is 120 Å². The Kier molecular flexibility index (Phi) is 32.4. The monoisotopic (exact) mass is 1200 g/mol. The predicted octanol–water partition coefficient (Wildman–Crippen LogP) is 0.996. The van der Waals surface area contributed by atoms with Crippen LogP contribution in [-0.2, 0) is 24.0 Å². The van der Waals surface area contributed by atoms with Crippen molar-refractivity contribution in [3.63, 3.8) is 0 Å². The molecule has 0 heterocycles. The summed E-state index contributed by atoms with van der Waals surface area (Å²) in [5.74, 6) is 4.10. The van der Waals surface area contributed by atoms with Crippen LogP contribution in [0.25, 0.3) is 0 Å². The summed E-state index contributed by atoms with van der Waals surface area (Å²) in [5.41, 5.74) is 33.3. The van der Waals surface area contributed by atoms with Gasteiger partial charge in [-0.25, -0.2) is 0 Å². The molecule has 0 aliphatic rings. The first-order chi connectivity index (χ1) is 29.1. The van der Waals surface area contributed by atoms with Gasteiger partial charge in [0.25, 0.3) is 5.91 Å². The molecule has 0 bridgehead atoms.